The first-order valence-electron chi connectivity index (χ1n) is 6.44. The Balaban J connectivity index is 2.02. The summed E-state index contributed by atoms with van der Waals surface area (Å²) in [5, 5.41) is 0. The van der Waals surface area contributed by atoms with E-state index in [0.29, 0.717) is 17.0 Å². The zero-order chi connectivity index (χ0) is 15.3. The summed E-state index contributed by atoms with van der Waals surface area (Å²) in [5.41, 5.74) is 7.67. The van der Waals surface area contributed by atoms with Gasteiger partial charge in [-0.1, -0.05) is 30.3 Å². The van der Waals surface area contributed by atoms with Crippen molar-refractivity contribution in [3.63, 3.8) is 0 Å². The van der Waals surface area contributed by atoms with Gasteiger partial charge in [0.25, 0.3) is 0 Å². The van der Waals surface area contributed by atoms with Gasteiger partial charge in [0, 0.05) is 17.8 Å². The van der Waals surface area contributed by atoms with Crippen molar-refractivity contribution in [2.75, 3.05) is 12.8 Å². The molecule has 0 unspecified atom stereocenters. The summed E-state index contributed by atoms with van der Waals surface area (Å²) in [6.07, 6.45) is 0. The van der Waals surface area contributed by atoms with E-state index in [9.17, 15) is 8.42 Å². The highest BCUT2D eigenvalue weighted by Crippen LogP contribution is 2.17. The SMILES string of the molecule is COc1ccccc1CNS(=O)(=O)Cc1ccc(N)cc1. The lowest BCUT2D eigenvalue weighted by atomic mass is 10.2. The minimum atomic E-state index is -3.42. The van der Waals surface area contributed by atoms with Gasteiger partial charge in [0.1, 0.15) is 5.75 Å². The van der Waals surface area contributed by atoms with Gasteiger partial charge >= 0.3 is 0 Å². The molecule has 0 fully saturated rings. The van der Waals surface area contributed by atoms with Crippen molar-refractivity contribution in [3.05, 3.63) is 59.7 Å². The predicted molar refractivity (Wildman–Crippen MR) is 83.3 cm³/mol. The summed E-state index contributed by atoms with van der Waals surface area (Å²) in [7, 11) is -1.86. The molecule has 0 saturated heterocycles. The van der Waals surface area contributed by atoms with Gasteiger partial charge < -0.3 is 10.5 Å². The van der Waals surface area contributed by atoms with Crippen LogP contribution in [0.3, 0.4) is 0 Å². The highest BCUT2D eigenvalue weighted by atomic mass is 32.2. The maximum atomic E-state index is 12.1. The number of ether oxygens (including phenoxy) is 1. The van der Waals surface area contributed by atoms with Crippen molar-refractivity contribution >= 4 is 15.7 Å². The Morgan fingerprint density at radius 2 is 1.76 bits per heavy atom. The van der Waals surface area contributed by atoms with Crippen LogP contribution in [0.4, 0.5) is 5.69 Å². The molecule has 0 atom stereocenters. The molecular formula is C15H18N2O3S. The maximum absolute atomic E-state index is 12.1. The Morgan fingerprint density at radius 3 is 2.43 bits per heavy atom. The van der Waals surface area contributed by atoms with Crippen LogP contribution >= 0.6 is 0 Å². The number of rotatable bonds is 6. The molecule has 0 aliphatic rings. The van der Waals surface area contributed by atoms with E-state index in [4.69, 9.17) is 10.5 Å². The Hall–Kier alpha value is -2.05. The predicted octanol–water partition coefficient (Wildman–Crippen LogP) is 1.90. The molecule has 6 heteroatoms. The molecule has 0 aliphatic heterocycles. The van der Waals surface area contributed by atoms with E-state index in [2.05, 4.69) is 4.72 Å². The van der Waals surface area contributed by atoms with E-state index in [0.717, 1.165) is 5.56 Å². The maximum Gasteiger partial charge on any atom is 0.216 e. The Morgan fingerprint density at radius 1 is 1.10 bits per heavy atom. The van der Waals surface area contributed by atoms with Crippen LogP contribution in [0.2, 0.25) is 0 Å². The van der Waals surface area contributed by atoms with Crippen LogP contribution in [-0.2, 0) is 22.3 Å². The monoisotopic (exact) mass is 306 g/mol. The van der Waals surface area contributed by atoms with Gasteiger partial charge in [0.2, 0.25) is 10.0 Å². The molecule has 2 rings (SSSR count). The van der Waals surface area contributed by atoms with Crippen molar-refractivity contribution in [1.82, 2.24) is 4.72 Å². The fourth-order valence-electron chi connectivity index (χ4n) is 1.92. The standard InChI is InChI=1S/C15H18N2O3S/c1-20-15-5-3-2-4-13(15)10-17-21(18,19)11-12-6-8-14(16)9-7-12/h2-9,17H,10-11,16H2,1H3. The quantitative estimate of drug-likeness (QED) is 0.799. The van der Waals surface area contributed by atoms with Crippen molar-refractivity contribution in [2.45, 2.75) is 12.3 Å². The lowest BCUT2D eigenvalue weighted by Gasteiger charge is -2.10. The van der Waals surface area contributed by atoms with Crippen LogP contribution in [0.5, 0.6) is 5.75 Å². The Kier molecular flexibility index (Phi) is 4.82. The minimum Gasteiger partial charge on any atom is -0.496 e. The highest BCUT2D eigenvalue weighted by Gasteiger charge is 2.12. The molecule has 2 aromatic carbocycles. The Bertz CT molecular complexity index is 697. The number of anilines is 1. The first-order valence-corrected chi connectivity index (χ1v) is 8.09. The van der Waals surface area contributed by atoms with E-state index in [1.165, 1.54) is 0 Å². The summed E-state index contributed by atoms with van der Waals surface area (Å²) in [6, 6.07) is 14.1. The number of methoxy groups -OCH3 is 1. The number of nitrogens with one attached hydrogen (secondary N) is 1. The second-order valence-corrected chi connectivity index (χ2v) is 6.44. The van der Waals surface area contributed by atoms with Gasteiger partial charge in [0.15, 0.2) is 0 Å². The van der Waals surface area contributed by atoms with E-state index < -0.39 is 10.0 Å². The summed E-state index contributed by atoms with van der Waals surface area (Å²) in [6.45, 7) is 0.196. The van der Waals surface area contributed by atoms with Gasteiger partial charge in [-0.2, -0.15) is 0 Å². The minimum absolute atomic E-state index is 0.0809. The van der Waals surface area contributed by atoms with Crippen LogP contribution in [-0.4, -0.2) is 15.5 Å². The van der Waals surface area contributed by atoms with Gasteiger partial charge in [-0.25, -0.2) is 13.1 Å². The molecule has 0 aromatic heterocycles. The number of sulfonamides is 1. The topological polar surface area (TPSA) is 81.4 Å². The smallest absolute Gasteiger partial charge is 0.216 e. The lowest BCUT2D eigenvalue weighted by Crippen LogP contribution is -2.24. The summed E-state index contributed by atoms with van der Waals surface area (Å²) in [4.78, 5) is 0. The fraction of sp³-hybridized carbons (Fsp3) is 0.200. The number of benzene rings is 2. The zero-order valence-electron chi connectivity index (χ0n) is 11.7. The largest absolute Gasteiger partial charge is 0.496 e. The number of hydrogen-bond acceptors (Lipinski definition) is 4. The molecule has 0 aliphatic carbocycles. The second kappa shape index (κ2) is 6.60. The zero-order valence-corrected chi connectivity index (χ0v) is 12.6. The number of para-hydroxylation sites is 1. The van der Waals surface area contributed by atoms with Crippen molar-refractivity contribution in [3.8, 4) is 5.75 Å². The fourth-order valence-corrected chi connectivity index (χ4v) is 3.03. The number of nitrogen functional groups attached to an aromatic ring is 1. The van der Waals surface area contributed by atoms with E-state index >= 15 is 0 Å². The van der Waals surface area contributed by atoms with E-state index in [1.807, 2.05) is 18.2 Å². The van der Waals surface area contributed by atoms with Crippen LogP contribution < -0.4 is 15.2 Å². The average Bonchev–Trinajstić information content (AvgIpc) is 2.48. The van der Waals surface area contributed by atoms with Crippen LogP contribution in [0, 0.1) is 0 Å². The molecule has 0 bridgehead atoms. The third kappa shape index (κ3) is 4.47. The molecule has 0 heterocycles. The third-order valence-corrected chi connectivity index (χ3v) is 4.31. The van der Waals surface area contributed by atoms with Gasteiger partial charge in [-0.15, -0.1) is 0 Å². The summed E-state index contributed by atoms with van der Waals surface area (Å²) < 4.78 is 31.9. The molecular weight excluding hydrogens is 288 g/mol. The third-order valence-electron chi connectivity index (χ3n) is 3.01. The van der Waals surface area contributed by atoms with Crippen molar-refractivity contribution in [1.29, 1.82) is 0 Å². The summed E-state index contributed by atoms with van der Waals surface area (Å²) >= 11 is 0. The molecule has 5 nitrogen and oxygen atoms in total. The van der Waals surface area contributed by atoms with Crippen LogP contribution in [0.25, 0.3) is 0 Å². The first-order chi connectivity index (χ1) is 10.00. The summed E-state index contributed by atoms with van der Waals surface area (Å²) in [5.74, 6) is 0.579. The van der Waals surface area contributed by atoms with Crippen LogP contribution in [0.15, 0.2) is 48.5 Å². The molecule has 21 heavy (non-hydrogen) atoms. The normalized spacial score (nSPS) is 11.3. The van der Waals surface area contributed by atoms with Gasteiger partial charge in [-0.05, 0) is 23.8 Å². The molecule has 3 N–H and O–H groups in total. The van der Waals surface area contributed by atoms with E-state index in [1.54, 1.807) is 37.4 Å². The average molecular weight is 306 g/mol. The van der Waals surface area contributed by atoms with E-state index in [-0.39, 0.29) is 12.3 Å². The van der Waals surface area contributed by atoms with Crippen LogP contribution in [0.1, 0.15) is 11.1 Å². The second-order valence-electron chi connectivity index (χ2n) is 4.63. The molecule has 2 aromatic rings. The molecule has 112 valence electrons. The number of nitrogens with two attached hydrogens (primary N) is 1. The molecule has 0 radical (unpaired) electrons. The van der Waals surface area contributed by atoms with Gasteiger partial charge in [-0.3, -0.25) is 0 Å². The number of hydrogen-bond donors (Lipinski definition) is 2. The molecule has 0 amide bonds. The van der Waals surface area contributed by atoms with Crippen molar-refractivity contribution in [2.24, 2.45) is 0 Å². The van der Waals surface area contributed by atoms with Crippen molar-refractivity contribution < 1.29 is 13.2 Å². The molecule has 0 spiro atoms. The van der Waals surface area contributed by atoms with Gasteiger partial charge in [0.05, 0.1) is 12.9 Å². The highest BCUT2D eigenvalue weighted by molar-refractivity contribution is 7.88. The first kappa shape index (κ1) is 15.3. The molecule has 0 saturated carbocycles. The lowest BCUT2D eigenvalue weighted by molar-refractivity contribution is 0.409. The Labute approximate surface area is 124 Å².